The van der Waals surface area contributed by atoms with Gasteiger partial charge in [0.1, 0.15) is 24.6 Å². The molecule has 4 rings (SSSR count). The molecule has 0 aromatic carbocycles. The lowest BCUT2D eigenvalue weighted by atomic mass is 10.1. The summed E-state index contributed by atoms with van der Waals surface area (Å²) in [5, 5.41) is 29.4. The maximum absolute atomic E-state index is 11.6. The Kier molecular flexibility index (Phi) is 5.76. The lowest BCUT2D eigenvalue weighted by molar-refractivity contribution is -0.0335. The first kappa shape index (κ1) is 19.8. The van der Waals surface area contributed by atoms with Crippen LogP contribution in [0.1, 0.15) is 19.6 Å². The van der Waals surface area contributed by atoms with Crippen molar-refractivity contribution in [1.82, 2.24) is 30.2 Å². The number of rotatable bonds is 6. The quantitative estimate of drug-likeness (QED) is 0.404. The molecule has 2 aliphatic heterocycles. The van der Waals surface area contributed by atoms with Gasteiger partial charge in [-0.05, 0) is 13.3 Å². The Morgan fingerprint density at radius 3 is 2.90 bits per heavy atom. The van der Waals surface area contributed by atoms with Gasteiger partial charge in [0, 0.05) is 19.7 Å². The number of carbonyl (C=O) groups excluding carboxylic acids is 1. The lowest BCUT2D eigenvalue weighted by Crippen LogP contribution is -2.43. The second-order valence-corrected chi connectivity index (χ2v) is 7.04. The number of urea groups is 1. The van der Waals surface area contributed by atoms with Crippen LogP contribution in [-0.4, -0.2) is 86.4 Å². The second-order valence-electron chi connectivity index (χ2n) is 7.04. The fourth-order valence-electron chi connectivity index (χ4n) is 3.53. The van der Waals surface area contributed by atoms with Gasteiger partial charge in [-0.1, -0.05) is 0 Å². The average molecular weight is 407 g/mol. The maximum atomic E-state index is 11.6. The number of amides is 2. The number of aliphatic hydroxyl groups is 2. The van der Waals surface area contributed by atoms with Crippen molar-refractivity contribution >= 4 is 23.0 Å². The van der Waals surface area contributed by atoms with Gasteiger partial charge in [-0.25, -0.2) is 19.7 Å². The summed E-state index contributed by atoms with van der Waals surface area (Å²) in [4.78, 5) is 24.5. The predicted molar refractivity (Wildman–Crippen MR) is 101 cm³/mol. The molecule has 5 unspecified atom stereocenters. The van der Waals surface area contributed by atoms with Crippen LogP contribution < -0.4 is 16.0 Å². The molecule has 12 nitrogen and oxygen atoms in total. The standard InChI is InChI=1S/C17H25N7O5/c1-2-18-17(27)19-5-10-12(25)13(26)16(29-10)24-8-22-11-14(20-7-21-15(11)24)23-9-3-4-28-6-9/h7-10,12-13,16,25-26H,2-6H2,1H3,(H2,18,19,27)(H,20,21,23). The van der Waals surface area contributed by atoms with E-state index in [1.54, 1.807) is 11.5 Å². The van der Waals surface area contributed by atoms with Gasteiger partial charge in [0.15, 0.2) is 23.2 Å². The molecule has 29 heavy (non-hydrogen) atoms. The monoisotopic (exact) mass is 407 g/mol. The van der Waals surface area contributed by atoms with E-state index >= 15 is 0 Å². The molecule has 5 atom stereocenters. The van der Waals surface area contributed by atoms with E-state index in [0.717, 1.165) is 6.42 Å². The van der Waals surface area contributed by atoms with Gasteiger partial charge in [-0.2, -0.15) is 0 Å². The van der Waals surface area contributed by atoms with Crippen LogP contribution in [0.25, 0.3) is 11.2 Å². The first-order chi connectivity index (χ1) is 14.1. The summed E-state index contributed by atoms with van der Waals surface area (Å²) in [6, 6.07) is -0.216. The molecular formula is C17H25N7O5. The van der Waals surface area contributed by atoms with Crippen molar-refractivity contribution in [1.29, 1.82) is 0 Å². The fraction of sp³-hybridized carbons (Fsp3) is 0.647. The van der Waals surface area contributed by atoms with Gasteiger partial charge in [0.25, 0.3) is 0 Å². The van der Waals surface area contributed by atoms with Crippen LogP contribution in [0.3, 0.4) is 0 Å². The summed E-state index contributed by atoms with van der Waals surface area (Å²) in [6.07, 6.45) is -0.264. The largest absolute Gasteiger partial charge is 0.387 e. The molecule has 2 aromatic heterocycles. The number of anilines is 1. The van der Waals surface area contributed by atoms with Crippen LogP contribution in [-0.2, 0) is 9.47 Å². The molecule has 2 saturated heterocycles. The first-order valence-electron chi connectivity index (χ1n) is 9.63. The van der Waals surface area contributed by atoms with Gasteiger partial charge in [0.05, 0.1) is 19.0 Å². The van der Waals surface area contributed by atoms with Crippen molar-refractivity contribution in [3.63, 3.8) is 0 Å². The van der Waals surface area contributed by atoms with E-state index in [1.807, 2.05) is 0 Å². The Morgan fingerprint density at radius 1 is 1.28 bits per heavy atom. The number of hydrogen-bond acceptors (Lipinski definition) is 9. The van der Waals surface area contributed by atoms with Crippen molar-refractivity contribution in [3.8, 4) is 0 Å². The molecule has 0 radical (unpaired) electrons. The Balaban J connectivity index is 1.51. The van der Waals surface area contributed by atoms with E-state index < -0.39 is 24.5 Å². The van der Waals surface area contributed by atoms with E-state index in [2.05, 4.69) is 30.9 Å². The highest BCUT2D eigenvalue weighted by Crippen LogP contribution is 2.32. The molecule has 158 valence electrons. The van der Waals surface area contributed by atoms with Crippen LogP contribution >= 0.6 is 0 Å². The summed E-state index contributed by atoms with van der Waals surface area (Å²) in [5.41, 5.74) is 1.00. The van der Waals surface area contributed by atoms with E-state index in [0.29, 0.717) is 36.7 Å². The van der Waals surface area contributed by atoms with Crippen LogP contribution in [0.15, 0.2) is 12.7 Å². The SMILES string of the molecule is CCNC(=O)NCC1OC(n2cnc3c(NC4CCOC4)ncnc32)C(O)C1O. The van der Waals surface area contributed by atoms with Crippen LogP contribution in [0.2, 0.25) is 0 Å². The van der Waals surface area contributed by atoms with Crippen LogP contribution in [0.5, 0.6) is 0 Å². The highest BCUT2D eigenvalue weighted by Gasteiger charge is 2.44. The molecule has 2 amide bonds. The number of hydrogen-bond donors (Lipinski definition) is 5. The first-order valence-corrected chi connectivity index (χ1v) is 9.63. The number of aromatic nitrogens is 4. The number of nitrogens with zero attached hydrogens (tertiary/aromatic N) is 4. The summed E-state index contributed by atoms with van der Waals surface area (Å²) in [6.45, 7) is 3.64. The minimum Gasteiger partial charge on any atom is -0.387 e. The minimum absolute atomic E-state index is 0.0522. The molecule has 0 bridgehead atoms. The van der Waals surface area contributed by atoms with Crippen molar-refractivity contribution in [3.05, 3.63) is 12.7 Å². The zero-order valence-corrected chi connectivity index (χ0v) is 16.0. The van der Waals surface area contributed by atoms with Crippen molar-refractivity contribution in [2.24, 2.45) is 0 Å². The molecule has 12 heteroatoms. The third-order valence-corrected chi connectivity index (χ3v) is 5.04. The second kappa shape index (κ2) is 8.45. The number of nitrogens with one attached hydrogen (secondary N) is 3. The number of ether oxygens (including phenoxy) is 2. The Labute approximate surface area is 166 Å². The molecular weight excluding hydrogens is 382 g/mol. The highest BCUT2D eigenvalue weighted by molar-refractivity contribution is 5.82. The molecule has 0 aliphatic carbocycles. The molecule has 2 aliphatic rings. The maximum Gasteiger partial charge on any atom is 0.314 e. The smallest absolute Gasteiger partial charge is 0.314 e. The number of aliphatic hydroxyl groups excluding tert-OH is 2. The van der Waals surface area contributed by atoms with Crippen molar-refractivity contribution in [2.45, 2.75) is 43.9 Å². The van der Waals surface area contributed by atoms with Crippen LogP contribution in [0.4, 0.5) is 10.6 Å². The summed E-state index contributed by atoms with van der Waals surface area (Å²) in [5.74, 6) is 0.576. The van der Waals surface area contributed by atoms with Gasteiger partial charge in [-0.3, -0.25) is 4.57 Å². The topological polar surface area (TPSA) is 156 Å². The number of carbonyl (C=O) groups is 1. The van der Waals surface area contributed by atoms with E-state index in [4.69, 9.17) is 9.47 Å². The summed E-state index contributed by atoms with van der Waals surface area (Å²) >= 11 is 0. The minimum atomic E-state index is -1.21. The zero-order valence-electron chi connectivity index (χ0n) is 16.0. The number of imidazole rings is 1. The molecule has 4 heterocycles. The molecule has 2 aromatic rings. The van der Waals surface area contributed by atoms with Gasteiger partial charge < -0.3 is 35.6 Å². The van der Waals surface area contributed by atoms with Gasteiger partial charge in [0.2, 0.25) is 0 Å². The Hall–Kier alpha value is -2.54. The van der Waals surface area contributed by atoms with E-state index in [1.165, 1.54) is 12.7 Å². The van der Waals surface area contributed by atoms with Crippen LogP contribution in [0, 0.1) is 0 Å². The zero-order chi connectivity index (χ0) is 20.4. The average Bonchev–Trinajstić information content (AvgIpc) is 3.43. The fourth-order valence-corrected chi connectivity index (χ4v) is 3.53. The van der Waals surface area contributed by atoms with Crippen molar-refractivity contribution in [2.75, 3.05) is 31.6 Å². The molecule has 2 fully saturated rings. The summed E-state index contributed by atoms with van der Waals surface area (Å²) in [7, 11) is 0. The molecule has 0 saturated carbocycles. The lowest BCUT2D eigenvalue weighted by Gasteiger charge is -2.17. The molecule has 5 N–H and O–H groups in total. The van der Waals surface area contributed by atoms with Gasteiger partial charge in [-0.15, -0.1) is 0 Å². The van der Waals surface area contributed by atoms with E-state index in [9.17, 15) is 15.0 Å². The Morgan fingerprint density at radius 2 is 2.14 bits per heavy atom. The predicted octanol–water partition coefficient (Wildman–Crippen LogP) is -1.03. The van der Waals surface area contributed by atoms with Crippen molar-refractivity contribution < 1.29 is 24.5 Å². The normalized spacial score (nSPS) is 29.3. The number of fused-ring (bicyclic) bond motifs is 1. The molecule has 0 spiro atoms. The third kappa shape index (κ3) is 3.96. The van der Waals surface area contributed by atoms with E-state index in [-0.39, 0.29) is 18.6 Å². The Bertz CT molecular complexity index is 856. The van der Waals surface area contributed by atoms with Gasteiger partial charge >= 0.3 is 6.03 Å². The third-order valence-electron chi connectivity index (χ3n) is 5.04. The highest BCUT2D eigenvalue weighted by atomic mass is 16.6. The summed E-state index contributed by atoms with van der Waals surface area (Å²) < 4.78 is 12.8.